The molecule has 6 nitrogen and oxygen atoms in total. The second-order valence-electron chi connectivity index (χ2n) is 5.02. The monoisotopic (exact) mass is 332 g/mol. The minimum absolute atomic E-state index is 0.0317. The Morgan fingerprint density at radius 3 is 2.78 bits per heavy atom. The Kier molecular flexibility index (Phi) is 3.69. The first-order valence-corrected chi connectivity index (χ1v) is 7.30. The molecule has 2 heterocycles. The molecule has 7 heteroatoms. The zero-order chi connectivity index (χ0) is 16.7. The van der Waals surface area contributed by atoms with Gasteiger partial charge in [-0.3, -0.25) is 4.79 Å². The third kappa shape index (κ3) is 2.51. The Labute approximate surface area is 135 Å². The van der Waals surface area contributed by atoms with Gasteiger partial charge in [0.15, 0.2) is 0 Å². The molecule has 0 spiro atoms. The number of pyridine rings is 1. The van der Waals surface area contributed by atoms with Crippen LogP contribution in [-0.2, 0) is 4.74 Å². The Balaban J connectivity index is 2.36. The number of benzene rings is 1. The van der Waals surface area contributed by atoms with Gasteiger partial charge in [-0.05, 0) is 37.6 Å². The summed E-state index contributed by atoms with van der Waals surface area (Å²) < 4.78 is 10.5. The molecule has 0 radical (unpaired) electrons. The van der Waals surface area contributed by atoms with Crippen LogP contribution in [0.15, 0.2) is 27.4 Å². The first kappa shape index (κ1) is 15.3. The van der Waals surface area contributed by atoms with Crippen LogP contribution in [0.2, 0.25) is 5.02 Å². The van der Waals surface area contributed by atoms with Crippen molar-refractivity contribution in [1.82, 2.24) is 4.98 Å². The molecule has 2 aromatic heterocycles. The van der Waals surface area contributed by atoms with Crippen molar-refractivity contribution in [3.05, 3.63) is 44.6 Å². The molecule has 0 aliphatic heterocycles. The summed E-state index contributed by atoms with van der Waals surface area (Å²) >= 11 is 6.07. The Morgan fingerprint density at radius 1 is 1.35 bits per heavy atom. The van der Waals surface area contributed by atoms with E-state index in [4.69, 9.17) is 26.5 Å². The third-order valence-electron chi connectivity index (χ3n) is 3.47. The van der Waals surface area contributed by atoms with E-state index in [2.05, 4.69) is 4.98 Å². The molecular formula is C16H13ClN2O4. The Bertz CT molecular complexity index is 1010. The molecule has 3 aromatic rings. The number of halogens is 1. The van der Waals surface area contributed by atoms with E-state index in [1.165, 1.54) is 12.1 Å². The maximum Gasteiger partial charge on any atom is 0.341 e. The molecule has 0 saturated heterocycles. The van der Waals surface area contributed by atoms with Crippen molar-refractivity contribution in [3.8, 4) is 0 Å². The highest BCUT2D eigenvalue weighted by Gasteiger charge is 2.18. The van der Waals surface area contributed by atoms with Gasteiger partial charge in [0.25, 0.3) is 0 Å². The molecule has 23 heavy (non-hydrogen) atoms. The van der Waals surface area contributed by atoms with Crippen LogP contribution in [0.1, 0.15) is 22.8 Å². The molecular weight excluding hydrogens is 320 g/mol. The average Bonchev–Trinajstić information content (AvgIpc) is 2.49. The number of fused-ring (bicyclic) bond motifs is 2. The Morgan fingerprint density at radius 2 is 2.09 bits per heavy atom. The normalized spacial score (nSPS) is 11.1. The van der Waals surface area contributed by atoms with Crippen molar-refractivity contribution < 1.29 is 13.9 Å². The molecule has 118 valence electrons. The number of nitrogen functional groups attached to an aromatic ring is 1. The third-order valence-corrected chi connectivity index (χ3v) is 3.88. The van der Waals surface area contributed by atoms with Gasteiger partial charge in [0.2, 0.25) is 11.1 Å². The topological polar surface area (TPSA) is 95.4 Å². The van der Waals surface area contributed by atoms with E-state index in [0.29, 0.717) is 16.0 Å². The van der Waals surface area contributed by atoms with Crippen LogP contribution in [0.5, 0.6) is 0 Å². The fraction of sp³-hybridized carbons (Fsp3) is 0.188. The SMILES string of the molecule is CCOC(=O)c1cc2c(=O)c3cc(Cl)c(C)cc3oc2nc1N. The lowest BCUT2D eigenvalue weighted by atomic mass is 10.1. The molecule has 0 unspecified atom stereocenters. The smallest absolute Gasteiger partial charge is 0.341 e. The predicted octanol–water partition coefficient (Wildman–Crippen LogP) is 3.06. The Hall–Kier alpha value is -2.60. The van der Waals surface area contributed by atoms with Crippen LogP contribution >= 0.6 is 11.6 Å². The van der Waals surface area contributed by atoms with Crippen LogP contribution in [0.25, 0.3) is 22.1 Å². The lowest BCUT2D eigenvalue weighted by Gasteiger charge is -2.07. The number of anilines is 1. The minimum Gasteiger partial charge on any atom is -0.462 e. The summed E-state index contributed by atoms with van der Waals surface area (Å²) in [6.45, 7) is 3.67. The summed E-state index contributed by atoms with van der Waals surface area (Å²) in [6.07, 6.45) is 0. The van der Waals surface area contributed by atoms with Crippen LogP contribution in [0.3, 0.4) is 0 Å². The molecule has 3 rings (SSSR count). The highest BCUT2D eigenvalue weighted by molar-refractivity contribution is 6.32. The lowest BCUT2D eigenvalue weighted by Crippen LogP contribution is -2.12. The standard InChI is InChI=1S/C16H13ClN2O4/c1-3-22-16(21)10-5-9-13(20)8-6-11(17)7(2)4-12(8)23-15(9)19-14(10)18/h4-6H,3H2,1-2H3,(H2,18,19). The van der Waals surface area contributed by atoms with Gasteiger partial charge in [-0.25, -0.2) is 4.79 Å². The number of aromatic nitrogens is 1. The number of nitrogens with zero attached hydrogens (tertiary/aromatic N) is 1. The van der Waals surface area contributed by atoms with Gasteiger partial charge >= 0.3 is 5.97 Å². The van der Waals surface area contributed by atoms with E-state index in [1.54, 1.807) is 19.9 Å². The number of ether oxygens (including phenoxy) is 1. The average molecular weight is 333 g/mol. The number of carbonyl (C=O) groups is 1. The number of hydrogen-bond donors (Lipinski definition) is 1. The highest BCUT2D eigenvalue weighted by atomic mass is 35.5. The van der Waals surface area contributed by atoms with Crippen molar-refractivity contribution in [3.63, 3.8) is 0 Å². The van der Waals surface area contributed by atoms with E-state index in [9.17, 15) is 9.59 Å². The van der Waals surface area contributed by atoms with Crippen LogP contribution in [-0.4, -0.2) is 17.6 Å². The molecule has 0 saturated carbocycles. The van der Waals surface area contributed by atoms with E-state index < -0.39 is 5.97 Å². The number of aryl methyl sites for hydroxylation is 1. The largest absolute Gasteiger partial charge is 0.462 e. The molecule has 0 atom stereocenters. The molecule has 0 amide bonds. The zero-order valence-corrected chi connectivity index (χ0v) is 13.2. The molecule has 1 aromatic carbocycles. The van der Waals surface area contributed by atoms with Gasteiger partial charge in [-0.2, -0.15) is 4.98 Å². The van der Waals surface area contributed by atoms with Crippen LogP contribution in [0, 0.1) is 6.92 Å². The maximum atomic E-state index is 12.6. The van der Waals surface area contributed by atoms with Crippen molar-refractivity contribution in [2.45, 2.75) is 13.8 Å². The van der Waals surface area contributed by atoms with E-state index in [0.717, 1.165) is 5.56 Å². The lowest BCUT2D eigenvalue weighted by molar-refractivity contribution is 0.0527. The van der Waals surface area contributed by atoms with E-state index >= 15 is 0 Å². The quantitative estimate of drug-likeness (QED) is 0.572. The van der Waals surface area contributed by atoms with Gasteiger partial charge in [0, 0.05) is 5.02 Å². The van der Waals surface area contributed by atoms with Crippen molar-refractivity contribution >= 4 is 45.5 Å². The van der Waals surface area contributed by atoms with Crippen molar-refractivity contribution in [1.29, 1.82) is 0 Å². The van der Waals surface area contributed by atoms with Gasteiger partial charge in [-0.15, -0.1) is 0 Å². The number of hydrogen-bond acceptors (Lipinski definition) is 6. The number of nitrogens with two attached hydrogens (primary N) is 1. The summed E-state index contributed by atoms with van der Waals surface area (Å²) in [5, 5.41) is 0.919. The van der Waals surface area contributed by atoms with Crippen molar-refractivity contribution in [2.24, 2.45) is 0 Å². The van der Waals surface area contributed by atoms with Gasteiger partial charge in [-0.1, -0.05) is 11.6 Å². The second kappa shape index (κ2) is 5.55. The van der Waals surface area contributed by atoms with E-state index in [-0.39, 0.29) is 34.5 Å². The summed E-state index contributed by atoms with van der Waals surface area (Å²) in [6, 6.07) is 4.54. The molecule has 2 N–H and O–H groups in total. The second-order valence-corrected chi connectivity index (χ2v) is 5.43. The molecule has 0 bridgehead atoms. The highest BCUT2D eigenvalue weighted by Crippen LogP contribution is 2.25. The van der Waals surface area contributed by atoms with Crippen LogP contribution in [0.4, 0.5) is 5.82 Å². The fourth-order valence-corrected chi connectivity index (χ4v) is 2.45. The number of esters is 1. The summed E-state index contributed by atoms with van der Waals surface area (Å²) in [7, 11) is 0. The van der Waals surface area contributed by atoms with Gasteiger partial charge in [0.1, 0.15) is 17.0 Å². The maximum absolute atomic E-state index is 12.6. The van der Waals surface area contributed by atoms with Crippen LogP contribution < -0.4 is 11.2 Å². The summed E-state index contributed by atoms with van der Waals surface area (Å²) in [5.41, 5.74) is 6.67. The molecule has 0 aliphatic carbocycles. The zero-order valence-electron chi connectivity index (χ0n) is 12.5. The molecule has 0 fully saturated rings. The minimum atomic E-state index is -0.638. The number of rotatable bonds is 2. The van der Waals surface area contributed by atoms with Crippen molar-refractivity contribution in [2.75, 3.05) is 12.3 Å². The molecule has 0 aliphatic rings. The first-order chi connectivity index (χ1) is 10.9. The van der Waals surface area contributed by atoms with Gasteiger partial charge < -0.3 is 14.9 Å². The predicted molar refractivity (Wildman–Crippen MR) is 87.9 cm³/mol. The summed E-state index contributed by atoms with van der Waals surface area (Å²) in [4.78, 5) is 28.6. The number of carbonyl (C=O) groups excluding carboxylic acids is 1. The first-order valence-electron chi connectivity index (χ1n) is 6.92. The van der Waals surface area contributed by atoms with Gasteiger partial charge in [0.05, 0.1) is 17.4 Å². The summed E-state index contributed by atoms with van der Waals surface area (Å²) in [5.74, 6) is -0.690. The fourth-order valence-electron chi connectivity index (χ4n) is 2.29. The van der Waals surface area contributed by atoms with E-state index in [1.807, 2.05) is 0 Å².